The van der Waals surface area contributed by atoms with E-state index in [0.29, 0.717) is 17.9 Å². The van der Waals surface area contributed by atoms with Gasteiger partial charge in [-0.05, 0) is 34.9 Å². The maximum absolute atomic E-state index is 11.6. The predicted molar refractivity (Wildman–Crippen MR) is 96.2 cm³/mol. The van der Waals surface area contributed by atoms with Crippen LogP contribution >= 0.6 is 0 Å². The van der Waals surface area contributed by atoms with E-state index in [4.69, 9.17) is 9.47 Å². The molecule has 0 aliphatic rings. The highest BCUT2D eigenvalue weighted by atomic mass is 16.5. The van der Waals surface area contributed by atoms with Crippen molar-refractivity contribution in [1.29, 1.82) is 0 Å². The Morgan fingerprint density at radius 1 is 0.920 bits per heavy atom. The predicted octanol–water partition coefficient (Wildman–Crippen LogP) is 4.64. The molecule has 0 heterocycles. The molecule has 0 unspecified atom stereocenters. The number of hydrogen-bond acceptors (Lipinski definition) is 3. The lowest BCUT2D eigenvalue weighted by Crippen LogP contribution is -2.03. The zero-order valence-electron chi connectivity index (χ0n) is 13.8. The second-order valence-corrected chi connectivity index (χ2v) is 5.49. The first kappa shape index (κ1) is 16.6. The fourth-order valence-corrected chi connectivity index (χ4v) is 2.63. The molecule has 0 radical (unpaired) electrons. The van der Waals surface area contributed by atoms with E-state index in [-0.39, 0.29) is 5.56 Å². The van der Waals surface area contributed by atoms with Gasteiger partial charge >= 0.3 is 5.97 Å². The van der Waals surface area contributed by atoms with Crippen molar-refractivity contribution in [1.82, 2.24) is 0 Å². The van der Waals surface area contributed by atoms with E-state index in [1.165, 1.54) is 7.11 Å². The molecular weight excluding hydrogens is 316 g/mol. The minimum Gasteiger partial charge on any atom is -0.496 e. The van der Waals surface area contributed by atoms with Crippen LogP contribution in [0.1, 0.15) is 15.9 Å². The largest absolute Gasteiger partial charge is 0.496 e. The molecule has 0 aliphatic heterocycles. The van der Waals surface area contributed by atoms with Gasteiger partial charge in [-0.1, -0.05) is 54.6 Å². The molecule has 0 saturated heterocycles. The van der Waals surface area contributed by atoms with Crippen molar-refractivity contribution in [3.63, 3.8) is 0 Å². The topological polar surface area (TPSA) is 55.8 Å². The molecule has 126 valence electrons. The summed E-state index contributed by atoms with van der Waals surface area (Å²) in [5, 5.41) is 9.50. The number of carbonyl (C=O) groups is 1. The standard InChI is InChI=1S/C21H18O4/c1-24-19-9-5-8-18(20(19)21(22)23)16-10-12-17(13-11-16)25-14-15-6-3-2-4-7-15/h2-13H,14H2,1H3,(H,22,23). The Kier molecular flexibility index (Phi) is 5.00. The molecule has 4 heteroatoms. The highest BCUT2D eigenvalue weighted by Crippen LogP contribution is 2.31. The number of ether oxygens (including phenoxy) is 2. The van der Waals surface area contributed by atoms with Crippen molar-refractivity contribution < 1.29 is 19.4 Å². The van der Waals surface area contributed by atoms with Gasteiger partial charge in [0.05, 0.1) is 7.11 Å². The second-order valence-electron chi connectivity index (χ2n) is 5.49. The lowest BCUT2D eigenvalue weighted by atomic mass is 9.99. The fraction of sp³-hybridized carbons (Fsp3) is 0.0952. The summed E-state index contributed by atoms with van der Waals surface area (Å²) in [7, 11) is 1.46. The molecule has 0 aromatic heterocycles. The zero-order valence-corrected chi connectivity index (χ0v) is 13.8. The molecule has 3 rings (SSSR count). The highest BCUT2D eigenvalue weighted by Gasteiger charge is 2.17. The SMILES string of the molecule is COc1cccc(-c2ccc(OCc3ccccc3)cc2)c1C(=O)O. The normalized spacial score (nSPS) is 10.3. The average molecular weight is 334 g/mol. The van der Waals surface area contributed by atoms with Gasteiger partial charge in [0, 0.05) is 0 Å². The Bertz CT molecular complexity index is 855. The molecular formula is C21H18O4. The summed E-state index contributed by atoms with van der Waals surface area (Å²) in [4.78, 5) is 11.6. The number of hydrogen-bond donors (Lipinski definition) is 1. The van der Waals surface area contributed by atoms with Gasteiger partial charge in [0.1, 0.15) is 23.7 Å². The third-order valence-corrected chi connectivity index (χ3v) is 3.87. The molecule has 0 aliphatic carbocycles. The van der Waals surface area contributed by atoms with Crippen molar-refractivity contribution in [2.45, 2.75) is 6.61 Å². The Hall–Kier alpha value is -3.27. The molecule has 0 atom stereocenters. The van der Waals surface area contributed by atoms with Crippen LogP contribution in [0, 0.1) is 0 Å². The third-order valence-electron chi connectivity index (χ3n) is 3.87. The van der Waals surface area contributed by atoms with E-state index >= 15 is 0 Å². The Labute approximate surface area is 146 Å². The maximum atomic E-state index is 11.6. The van der Waals surface area contributed by atoms with E-state index in [2.05, 4.69) is 0 Å². The first-order valence-electron chi connectivity index (χ1n) is 7.86. The minimum atomic E-state index is -1.02. The molecule has 0 fully saturated rings. The van der Waals surface area contributed by atoms with Crippen LogP contribution in [0.5, 0.6) is 11.5 Å². The lowest BCUT2D eigenvalue weighted by Gasteiger charge is -2.12. The van der Waals surface area contributed by atoms with E-state index in [0.717, 1.165) is 16.9 Å². The number of rotatable bonds is 6. The van der Waals surface area contributed by atoms with Crippen LogP contribution in [-0.4, -0.2) is 18.2 Å². The number of carboxylic acid groups (broad SMARTS) is 1. The van der Waals surface area contributed by atoms with Crippen molar-refractivity contribution >= 4 is 5.97 Å². The molecule has 25 heavy (non-hydrogen) atoms. The lowest BCUT2D eigenvalue weighted by molar-refractivity contribution is 0.0694. The summed E-state index contributed by atoms with van der Waals surface area (Å²) in [5.74, 6) is 0.0543. The molecule has 3 aromatic carbocycles. The van der Waals surface area contributed by atoms with Gasteiger partial charge < -0.3 is 14.6 Å². The number of benzene rings is 3. The van der Waals surface area contributed by atoms with Crippen LogP contribution in [0.25, 0.3) is 11.1 Å². The fourth-order valence-electron chi connectivity index (χ4n) is 2.63. The molecule has 0 saturated carbocycles. The van der Waals surface area contributed by atoms with E-state index in [9.17, 15) is 9.90 Å². The quantitative estimate of drug-likeness (QED) is 0.713. The minimum absolute atomic E-state index is 0.156. The van der Waals surface area contributed by atoms with Crippen LogP contribution in [0.2, 0.25) is 0 Å². The average Bonchev–Trinajstić information content (AvgIpc) is 2.67. The second kappa shape index (κ2) is 7.53. The van der Waals surface area contributed by atoms with Crippen LogP contribution in [0.15, 0.2) is 72.8 Å². The molecule has 3 aromatic rings. The molecule has 1 N–H and O–H groups in total. The zero-order chi connectivity index (χ0) is 17.6. The van der Waals surface area contributed by atoms with Crippen molar-refractivity contribution in [2.75, 3.05) is 7.11 Å². The Morgan fingerprint density at radius 2 is 1.64 bits per heavy atom. The maximum Gasteiger partial charge on any atom is 0.340 e. The molecule has 0 spiro atoms. The summed E-state index contributed by atoms with van der Waals surface area (Å²) in [6.07, 6.45) is 0. The van der Waals surface area contributed by atoms with Crippen LogP contribution in [0.3, 0.4) is 0 Å². The Balaban J connectivity index is 1.82. The van der Waals surface area contributed by atoms with Gasteiger partial charge in [-0.3, -0.25) is 0 Å². The van der Waals surface area contributed by atoms with Crippen LogP contribution in [0.4, 0.5) is 0 Å². The van der Waals surface area contributed by atoms with Gasteiger partial charge in [0.15, 0.2) is 0 Å². The molecule has 0 amide bonds. The van der Waals surface area contributed by atoms with E-state index < -0.39 is 5.97 Å². The first-order valence-corrected chi connectivity index (χ1v) is 7.86. The smallest absolute Gasteiger partial charge is 0.340 e. The van der Waals surface area contributed by atoms with Crippen LogP contribution in [-0.2, 0) is 6.61 Å². The Morgan fingerprint density at radius 3 is 2.28 bits per heavy atom. The van der Waals surface area contributed by atoms with Gasteiger partial charge in [-0.2, -0.15) is 0 Å². The van der Waals surface area contributed by atoms with E-state index in [1.54, 1.807) is 18.2 Å². The molecule has 0 bridgehead atoms. The summed E-state index contributed by atoms with van der Waals surface area (Å²) in [5.41, 5.74) is 2.65. The summed E-state index contributed by atoms with van der Waals surface area (Å²) >= 11 is 0. The van der Waals surface area contributed by atoms with E-state index in [1.807, 2.05) is 54.6 Å². The van der Waals surface area contributed by atoms with Crippen molar-refractivity contribution in [3.8, 4) is 22.6 Å². The number of methoxy groups -OCH3 is 1. The summed E-state index contributed by atoms with van der Waals surface area (Å²) < 4.78 is 10.9. The van der Waals surface area contributed by atoms with Crippen LogP contribution < -0.4 is 9.47 Å². The van der Waals surface area contributed by atoms with Gasteiger partial charge in [0.25, 0.3) is 0 Å². The highest BCUT2D eigenvalue weighted by molar-refractivity contribution is 5.99. The summed E-state index contributed by atoms with van der Waals surface area (Å²) in [6.45, 7) is 0.486. The van der Waals surface area contributed by atoms with Gasteiger partial charge in [0.2, 0.25) is 0 Å². The van der Waals surface area contributed by atoms with Gasteiger partial charge in [-0.25, -0.2) is 4.79 Å². The number of carboxylic acids is 1. The number of aromatic carboxylic acids is 1. The van der Waals surface area contributed by atoms with Crippen molar-refractivity contribution in [3.05, 3.63) is 83.9 Å². The third kappa shape index (κ3) is 3.80. The van der Waals surface area contributed by atoms with Gasteiger partial charge in [-0.15, -0.1) is 0 Å². The monoisotopic (exact) mass is 334 g/mol. The first-order chi connectivity index (χ1) is 12.2. The molecule has 4 nitrogen and oxygen atoms in total. The summed E-state index contributed by atoms with van der Waals surface area (Å²) in [6, 6.07) is 22.5. The van der Waals surface area contributed by atoms with Crippen molar-refractivity contribution in [2.24, 2.45) is 0 Å².